The molecule has 0 spiro atoms. The first kappa shape index (κ1) is 22.6. The Bertz CT molecular complexity index is 1450. The van der Waals surface area contributed by atoms with Gasteiger partial charge in [0, 0.05) is 16.7 Å². The molecule has 0 bridgehead atoms. The summed E-state index contributed by atoms with van der Waals surface area (Å²) >= 11 is 6.21. The lowest BCUT2D eigenvalue weighted by molar-refractivity contribution is 0.0693. The van der Waals surface area contributed by atoms with E-state index in [0.29, 0.717) is 27.9 Å². The predicted octanol–water partition coefficient (Wildman–Crippen LogP) is 6.74. The summed E-state index contributed by atoms with van der Waals surface area (Å²) in [4.78, 5) is 24.9. The van der Waals surface area contributed by atoms with Gasteiger partial charge in [-0.15, -0.1) is 0 Å². The Balaban J connectivity index is 1.92. The summed E-state index contributed by atoms with van der Waals surface area (Å²) in [5, 5.41) is 13.0. The third-order valence-corrected chi connectivity index (χ3v) is 5.89. The van der Waals surface area contributed by atoms with Crippen molar-refractivity contribution in [2.45, 2.75) is 26.8 Å². The van der Waals surface area contributed by atoms with Crippen LogP contribution in [0.25, 0.3) is 22.3 Å². The van der Waals surface area contributed by atoms with Crippen LogP contribution in [0.4, 0.5) is 10.1 Å². The standard InChI is InChI=1S/C26H21ClFNO4/c1-13-11-17(15(3)29-22-19(27)9-10-20(28)21(22)26(31)32)25-18(12-13)23(30)14(2)24(33-25)16-7-5-4-6-8-16/h4-12,15,29H,1-3H3,(H,31,32). The number of benzene rings is 3. The molecule has 0 aliphatic carbocycles. The summed E-state index contributed by atoms with van der Waals surface area (Å²) < 4.78 is 20.5. The highest BCUT2D eigenvalue weighted by molar-refractivity contribution is 6.34. The number of halogens is 2. The molecule has 0 saturated carbocycles. The highest BCUT2D eigenvalue weighted by Crippen LogP contribution is 2.35. The van der Waals surface area contributed by atoms with Crippen molar-refractivity contribution in [2.24, 2.45) is 0 Å². The lowest BCUT2D eigenvalue weighted by Gasteiger charge is -2.21. The minimum Gasteiger partial charge on any atom is -0.478 e. The summed E-state index contributed by atoms with van der Waals surface area (Å²) in [6, 6.07) is 14.7. The largest absolute Gasteiger partial charge is 0.478 e. The molecule has 4 rings (SSSR count). The van der Waals surface area contributed by atoms with Crippen molar-refractivity contribution in [3.8, 4) is 11.3 Å². The second-order valence-corrected chi connectivity index (χ2v) is 8.34. The van der Waals surface area contributed by atoms with Crippen molar-refractivity contribution in [3.63, 3.8) is 0 Å². The summed E-state index contributed by atoms with van der Waals surface area (Å²) in [6.45, 7) is 5.35. The van der Waals surface area contributed by atoms with E-state index in [0.717, 1.165) is 17.2 Å². The van der Waals surface area contributed by atoms with Crippen LogP contribution in [0.15, 0.2) is 63.8 Å². The third-order valence-electron chi connectivity index (χ3n) is 5.57. The van der Waals surface area contributed by atoms with Gasteiger partial charge < -0.3 is 14.8 Å². The molecular weight excluding hydrogens is 445 g/mol. The van der Waals surface area contributed by atoms with Crippen LogP contribution >= 0.6 is 11.6 Å². The molecule has 0 aliphatic rings. The van der Waals surface area contributed by atoms with Crippen molar-refractivity contribution in [3.05, 3.63) is 97.9 Å². The molecule has 2 N–H and O–H groups in total. The Morgan fingerprint density at radius 2 is 1.82 bits per heavy atom. The Labute approximate surface area is 194 Å². The highest BCUT2D eigenvalue weighted by Gasteiger charge is 2.23. The molecule has 0 fully saturated rings. The fraction of sp³-hybridized carbons (Fsp3) is 0.154. The fourth-order valence-electron chi connectivity index (χ4n) is 3.95. The molecule has 1 aromatic heterocycles. The van der Waals surface area contributed by atoms with Crippen LogP contribution in [-0.4, -0.2) is 11.1 Å². The SMILES string of the molecule is Cc1cc(C(C)Nc2c(Cl)ccc(F)c2C(=O)O)c2oc(-c3ccccc3)c(C)c(=O)c2c1. The number of nitrogens with one attached hydrogen (secondary N) is 1. The minimum atomic E-state index is -1.44. The maximum Gasteiger partial charge on any atom is 0.340 e. The Morgan fingerprint density at radius 1 is 1.12 bits per heavy atom. The van der Waals surface area contributed by atoms with Gasteiger partial charge >= 0.3 is 5.97 Å². The zero-order valence-corrected chi connectivity index (χ0v) is 19.0. The number of carboxylic acid groups (broad SMARTS) is 1. The van der Waals surface area contributed by atoms with E-state index in [2.05, 4.69) is 5.32 Å². The first-order valence-electron chi connectivity index (χ1n) is 10.3. The maximum atomic E-state index is 14.2. The van der Waals surface area contributed by atoms with E-state index in [4.69, 9.17) is 16.0 Å². The lowest BCUT2D eigenvalue weighted by Crippen LogP contribution is -2.15. The van der Waals surface area contributed by atoms with Crippen molar-refractivity contribution < 1.29 is 18.7 Å². The monoisotopic (exact) mass is 465 g/mol. The molecule has 1 atom stereocenters. The third kappa shape index (κ3) is 4.10. The smallest absolute Gasteiger partial charge is 0.340 e. The van der Waals surface area contributed by atoms with Crippen LogP contribution in [0.3, 0.4) is 0 Å². The highest BCUT2D eigenvalue weighted by atomic mass is 35.5. The van der Waals surface area contributed by atoms with Crippen LogP contribution in [0.5, 0.6) is 0 Å². The summed E-state index contributed by atoms with van der Waals surface area (Å²) in [5.41, 5.74) is 2.35. The van der Waals surface area contributed by atoms with E-state index in [1.165, 1.54) is 6.07 Å². The Hall–Kier alpha value is -3.64. The average molecular weight is 466 g/mol. The molecule has 0 radical (unpaired) electrons. The summed E-state index contributed by atoms with van der Waals surface area (Å²) in [6.07, 6.45) is 0. The minimum absolute atomic E-state index is 0.0379. The number of anilines is 1. The molecule has 3 aromatic carbocycles. The molecule has 1 heterocycles. The van der Waals surface area contributed by atoms with Crippen LogP contribution in [0.2, 0.25) is 5.02 Å². The van der Waals surface area contributed by atoms with Gasteiger partial charge in [0.05, 0.1) is 22.1 Å². The number of carboxylic acids is 1. The number of aryl methyl sites for hydroxylation is 1. The van der Waals surface area contributed by atoms with Gasteiger partial charge in [-0.2, -0.15) is 0 Å². The fourth-order valence-corrected chi connectivity index (χ4v) is 4.16. The second kappa shape index (κ2) is 8.71. The number of hydrogen-bond acceptors (Lipinski definition) is 4. The average Bonchev–Trinajstić information content (AvgIpc) is 2.78. The van der Waals surface area contributed by atoms with Gasteiger partial charge in [-0.05, 0) is 44.5 Å². The van der Waals surface area contributed by atoms with E-state index in [1.54, 1.807) is 19.9 Å². The lowest BCUT2D eigenvalue weighted by atomic mass is 9.98. The normalized spacial score (nSPS) is 12.0. The van der Waals surface area contributed by atoms with Gasteiger partial charge in [0.25, 0.3) is 0 Å². The molecule has 0 saturated heterocycles. The van der Waals surface area contributed by atoms with Crippen LogP contribution in [-0.2, 0) is 0 Å². The van der Waals surface area contributed by atoms with Gasteiger partial charge in [0.2, 0.25) is 0 Å². The topological polar surface area (TPSA) is 79.5 Å². The van der Waals surface area contributed by atoms with Crippen LogP contribution in [0.1, 0.15) is 40.0 Å². The van der Waals surface area contributed by atoms with Gasteiger partial charge in [-0.25, -0.2) is 9.18 Å². The Kier molecular flexibility index (Phi) is 5.95. The molecule has 33 heavy (non-hydrogen) atoms. The van der Waals surface area contributed by atoms with Crippen molar-refractivity contribution in [1.82, 2.24) is 0 Å². The Morgan fingerprint density at radius 3 is 2.48 bits per heavy atom. The molecule has 7 heteroatoms. The molecular formula is C26H21ClFNO4. The van der Waals surface area contributed by atoms with E-state index >= 15 is 0 Å². The zero-order valence-electron chi connectivity index (χ0n) is 18.2. The van der Waals surface area contributed by atoms with Crippen LogP contribution < -0.4 is 10.7 Å². The van der Waals surface area contributed by atoms with Gasteiger partial charge in [0.15, 0.2) is 5.43 Å². The molecule has 0 aliphatic heterocycles. The van der Waals surface area contributed by atoms with Crippen LogP contribution in [0, 0.1) is 19.7 Å². The van der Waals surface area contributed by atoms with Gasteiger partial charge in [-0.1, -0.05) is 48.0 Å². The number of rotatable bonds is 5. The van der Waals surface area contributed by atoms with E-state index < -0.39 is 23.4 Å². The quantitative estimate of drug-likeness (QED) is 0.341. The van der Waals surface area contributed by atoms with Gasteiger partial charge in [0.1, 0.15) is 22.7 Å². The van der Waals surface area contributed by atoms with E-state index in [1.807, 2.05) is 43.3 Å². The maximum absolute atomic E-state index is 14.2. The first-order chi connectivity index (χ1) is 15.7. The van der Waals surface area contributed by atoms with Crippen molar-refractivity contribution in [2.75, 3.05) is 5.32 Å². The predicted molar refractivity (Wildman–Crippen MR) is 128 cm³/mol. The molecule has 5 nitrogen and oxygen atoms in total. The van der Waals surface area contributed by atoms with Crippen molar-refractivity contribution >= 4 is 34.2 Å². The van der Waals surface area contributed by atoms with E-state index in [-0.39, 0.29) is 16.1 Å². The summed E-state index contributed by atoms with van der Waals surface area (Å²) in [5.74, 6) is -1.88. The number of aromatic carboxylic acids is 1. The van der Waals surface area contributed by atoms with Crippen molar-refractivity contribution in [1.29, 1.82) is 0 Å². The number of hydrogen-bond donors (Lipinski definition) is 2. The zero-order chi connectivity index (χ0) is 23.9. The molecule has 0 amide bonds. The summed E-state index contributed by atoms with van der Waals surface area (Å²) in [7, 11) is 0. The molecule has 168 valence electrons. The second-order valence-electron chi connectivity index (χ2n) is 7.93. The molecule has 4 aromatic rings. The molecule has 1 unspecified atom stereocenters. The number of carbonyl (C=O) groups is 1. The van der Waals surface area contributed by atoms with Gasteiger partial charge in [-0.3, -0.25) is 4.79 Å². The first-order valence-corrected chi connectivity index (χ1v) is 10.7. The number of fused-ring (bicyclic) bond motifs is 1. The van der Waals surface area contributed by atoms with E-state index in [9.17, 15) is 19.1 Å².